The lowest BCUT2D eigenvalue weighted by atomic mass is 10.0. The van der Waals surface area contributed by atoms with Crippen LogP contribution in [-0.4, -0.2) is 11.1 Å². The monoisotopic (exact) mass is 274 g/mol. The van der Waals surface area contributed by atoms with E-state index >= 15 is 0 Å². The summed E-state index contributed by atoms with van der Waals surface area (Å²) in [5, 5.41) is 9.49. The third-order valence-electron chi connectivity index (χ3n) is 3.11. The van der Waals surface area contributed by atoms with E-state index < -0.39 is 11.8 Å². The number of fused-ring (bicyclic) bond motifs is 3. The zero-order valence-electron chi connectivity index (χ0n) is 9.65. The van der Waals surface area contributed by atoms with Crippen LogP contribution < -0.4 is 0 Å². The summed E-state index contributed by atoms with van der Waals surface area (Å²) in [5.74, 6) is -1.47. The first kappa shape index (κ1) is 11.9. The normalized spacial score (nSPS) is 14.3. The minimum atomic E-state index is -1.07. The van der Waals surface area contributed by atoms with E-state index in [-0.39, 0.29) is 0 Å². The minimum absolute atomic E-state index is 0.404. The number of halogens is 2. The second-order valence-corrected chi connectivity index (χ2v) is 4.66. The number of carboxylic acid groups (broad SMARTS) is 1. The standard InChI is InChI=1S/C15H8ClFO2/c16-13-3-1-2-9-12(7-14(18)19)11-6-8(17)4-5-10(11)15(9)13/h1-7H,(H,18,19)/b12-7+. The highest BCUT2D eigenvalue weighted by Gasteiger charge is 2.26. The summed E-state index contributed by atoms with van der Waals surface area (Å²) in [7, 11) is 0. The average molecular weight is 275 g/mol. The van der Waals surface area contributed by atoms with Gasteiger partial charge in [0, 0.05) is 16.7 Å². The molecule has 0 spiro atoms. The van der Waals surface area contributed by atoms with Gasteiger partial charge in [-0.2, -0.15) is 0 Å². The van der Waals surface area contributed by atoms with Crippen molar-refractivity contribution in [1.82, 2.24) is 0 Å². The van der Waals surface area contributed by atoms with Crippen molar-refractivity contribution in [3.63, 3.8) is 0 Å². The number of rotatable bonds is 1. The molecule has 0 heterocycles. The lowest BCUT2D eigenvalue weighted by Crippen LogP contribution is -1.91. The van der Waals surface area contributed by atoms with Gasteiger partial charge in [-0.25, -0.2) is 9.18 Å². The molecule has 0 atom stereocenters. The van der Waals surface area contributed by atoms with Gasteiger partial charge in [-0.05, 0) is 40.5 Å². The maximum absolute atomic E-state index is 13.4. The quantitative estimate of drug-likeness (QED) is 0.682. The van der Waals surface area contributed by atoms with Crippen LogP contribution in [0.1, 0.15) is 11.1 Å². The van der Waals surface area contributed by atoms with Gasteiger partial charge >= 0.3 is 5.97 Å². The van der Waals surface area contributed by atoms with Crippen molar-refractivity contribution in [1.29, 1.82) is 0 Å². The molecule has 0 aliphatic heterocycles. The molecule has 2 aromatic carbocycles. The van der Waals surface area contributed by atoms with Gasteiger partial charge < -0.3 is 5.11 Å². The molecule has 0 unspecified atom stereocenters. The summed E-state index contributed by atoms with van der Waals surface area (Å²) in [5.41, 5.74) is 3.28. The number of aliphatic carboxylic acids is 1. The molecule has 0 radical (unpaired) electrons. The van der Waals surface area contributed by atoms with Crippen molar-refractivity contribution in [2.45, 2.75) is 0 Å². The van der Waals surface area contributed by atoms with Crippen molar-refractivity contribution in [3.05, 3.63) is 64.4 Å². The minimum Gasteiger partial charge on any atom is -0.478 e. The Labute approximate surface area is 113 Å². The van der Waals surface area contributed by atoms with Gasteiger partial charge in [0.05, 0.1) is 0 Å². The predicted octanol–water partition coefficient (Wildman–Crippen LogP) is 3.98. The summed E-state index contributed by atoms with van der Waals surface area (Å²) < 4.78 is 13.4. The van der Waals surface area contributed by atoms with Gasteiger partial charge in [0.25, 0.3) is 0 Å². The maximum Gasteiger partial charge on any atom is 0.328 e. The number of carboxylic acids is 1. The first-order chi connectivity index (χ1) is 9.08. The predicted molar refractivity (Wildman–Crippen MR) is 71.6 cm³/mol. The van der Waals surface area contributed by atoms with E-state index in [0.717, 1.165) is 22.8 Å². The van der Waals surface area contributed by atoms with Crippen LogP contribution in [0.3, 0.4) is 0 Å². The fraction of sp³-hybridized carbons (Fsp3) is 0. The second kappa shape index (κ2) is 4.21. The van der Waals surface area contributed by atoms with E-state index in [1.165, 1.54) is 12.1 Å². The molecule has 0 saturated heterocycles. The zero-order chi connectivity index (χ0) is 13.6. The van der Waals surface area contributed by atoms with Crippen LogP contribution in [0.15, 0.2) is 42.5 Å². The van der Waals surface area contributed by atoms with Gasteiger partial charge in [-0.3, -0.25) is 0 Å². The van der Waals surface area contributed by atoms with Crippen molar-refractivity contribution < 1.29 is 14.3 Å². The SMILES string of the molecule is O=C(O)/C=C1/c2cc(F)ccc2-c2c(Cl)cccc21. The summed E-state index contributed by atoms with van der Waals surface area (Å²) in [4.78, 5) is 10.9. The number of hydrogen-bond acceptors (Lipinski definition) is 1. The second-order valence-electron chi connectivity index (χ2n) is 4.25. The fourth-order valence-corrected chi connectivity index (χ4v) is 2.68. The Morgan fingerprint density at radius 2 is 1.95 bits per heavy atom. The number of hydrogen-bond donors (Lipinski definition) is 1. The Hall–Kier alpha value is -2.13. The van der Waals surface area contributed by atoms with Crippen LogP contribution in [-0.2, 0) is 4.79 Å². The highest BCUT2D eigenvalue weighted by Crippen LogP contribution is 2.47. The molecule has 2 nitrogen and oxygen atoms in total. The van der Waals surface area contributed by atoms with Crippen LogP contribution in [0, 0.1) is 5.82 Å². The zero-order valence-corrected chi connectivity index (χ0v) is 10.4. The molecule has 0 fully saturated rings. The van der Waals surface area contributed by atoms with Gasteiger partial charge in [-0.15, -0.1) is 0 Å². The van der Waals surface area contributed by atoms with Crippen LogP contribution >= 0.6 is 11.6 Å². The highest BCUT2D eigenvalue weighted by atomic mass is 35.5. The molecular formula is C15H8ClFO2. The topological polar surface area (TPSA) is 37.3 Å². The summed E-state index contributed by atoms with van der Waals surface area (Å²) in [6, 6.07) is 9.57. The molecule has 2 aromatic rings. The summed E-state index contributed by atoms with van der Waals surface area (Å²) in [6.45, 7) is 0. The molecule has 1 aliphatic rings. The highest BCUT2D eigenvalue weighted by molar-refractivity contribution is 6.34. The molecule has 1 aliphatic carbocycles. The summed E-state index contributed by atoms with van der Waals surface area (Å²) >= 11 is 6.17. The Morgan fingerprint density at radius 1 is 1.16 bits per heavy atom. The Kier molecular flexibility index (Phi) is 2.64. The van der Waals surface area contributed by atoms with E-state index in [0.29, 0.717) is 16.2 Å². The van der Waals surface area contributed by atoms with E-state index in [1.807, 2.05) is 0 Å². The van der Waals surface area contributed by atoms with Crippen molar-refractivity contribution in [2.75, 3.05) is 0 Å². The van der Waals surface area contributed by atoms with Crippen molar-refractivity contribution in [2.24, 2.45) is 0 Å². The van der Waals surface area contributed by atoms with E-state index in [9.17, 15) is 9.18 Å². The molecule has 0 bridgehead atoms. The fourth-order valence-electron chi connectivity index (χ4n) is 2.40. The molecule has 0 saturated carbocycles. The van der Waals surface area contributed by atoms with Crippen molar-refractivity contribution in [3.8, 4) is 11.1 Å². The lowest BCUT2D eigenvalue weighted by molar-refractivity contribution is -0.131. The number of carbonyl (C=O) groups is 1. The molecule has 0 aromatic heterocycles. The Bertz CT molecular complexity index is 735. The Morgan fingerprint density at radius 3 is 2.68 bits per heavy atom. The van der Waals surface area contributed by atoms with Crippen molar-refractivity contribution >= 4 is 23.1 Å². The van der Waals surface area contributed by atoms with Crippen LogP contribution in [0.2, 0.25) is 5.02 Å². The van der Waals surface area contributed by atoms with Gasteiger partial charge in [0.15, 0.2) is 0 Å². The average Bonchev–Trinajstić information content (AvgIpc) is 2.64. The lowest BCUT2D eigenvalue weighted by Gasteiger charge is -2.02. The van der Waals surface area contributed by atoms with Crippen LogP contribution in [0.4, 0.5) is 4.39 Å². The third kappa shape index (κ3) is 1.83. The van der Waals surface area contributed by atoms with E-state index in [2.05, 4.69) is 0 Å². The van der Waals surface area contributed by atoms with Crippen LogP contribution in [0.5, 0.6) is 0 Å². The van der Waals surface area contributed by atoms with Gasteiger partial charge in [-0.1, -0.05) is 29.8 Å². The first-order valence-electron chi connectivity index (χ1n) is 5.62. The third-order valence-corrected chi connectivity index (χ3v) is 3.43. The molecule has 3 rings (SSSR count). The molecule has 1 N–H and O–H groups in total. The smallest absolute Gasteiger partial charge is 0.328 e. The molecule has 0 amide bonds. The van der Waals surface area contributed by atoms with Gasteiger partial charge in [0.1, 0.15) is 5.82 Å². The van der Waals surface area contributed by atoms with Gasteiger partial charge in [0.2, 0.25) is 0 Å². The number of benzene rings is 2. The van der Waals surface area contributed by atoms with E-state index in [4.69, 9.17) is 16.7 Å². The maximum atomic E-state index is 13.4. The molecule has 94 valence electrons. The summed E-state index contributed by atoms with van der Waals surface area (Å²) in [6.07, 6.45) is 1.08. The molecule has 19 heavy (non-hydrogen) atoms. The molecule has 4 heteroatoms. The van der Waals surface area contributed by atoms with E-state index in [1.54, 1.807) is 24.3 Å². The first-order valence-corrected chi connectivity index (χ1v) is 5.99. The largest absolute Gasteiger partial charge is 0.478 e. The molecular weight excluding hydrogens is 267 g/mol. The van der Waals surface area contributed by atoms with Crippen LogP contribution in [0.25, 0.3) is 16.7 Å². The Balaban J connectivity index is 2.39.